The van der Waals surface area contributed by atoms with E-state index in [-0.39, 0.29) is 18.0 Å². The second-order valence-electron chi connectivity index (χ2n) is 6.12. The summed E-state index contributed by atoms with van der Waals surface area (Å²) in [5.41, 5.74) is 1.62. The van der Waals surface area contributed by atoms with E-state index in [0.29, 0.717) is 0 Å². The number of hydrogen-bond donors (Lipinski definition) is 3. The Morgan fingerprint density at radius 2 is 2.00 bits per heavy atom. The van der Waals surface area contributed by atoms with Crippen molar-refractivity contribution in [2.45, 2.75) is 26.3 Å². The molecule has 0 atom stereocenters. The number of benzene rings is 1. The first-order valence-corrected chi connectivity index (χ1v) is 7.05. The molecule has 1 aromatic carbocycles. The van der Waals surface area contributed by atoms with E-state index in [0.717, 1.165) is 24.5 Å². The zero-order valence-electron chi connectivity index (χ0n) is 12.7. The Balaban J connectivity index is 1.94. The first-order valence-electron chi connectivity index (χ1n) is 7.05. The monoisotopic (exact) mass is 290 g/mol. The highest BCUT2D eigenvalue weighted by molar-refractivity contribution is 5.97. The van der Waals surface area contributed by atoms with Crippen LogP contribution in [-0.2, 0) is 4.79 Å². The molecule has 3 N–H and O–H groups in total. The van der Waals surface area contributed by atoms with E-state index in [1.54, 1.807) is 0 Å². The second kappa shape index (κ2) is 6.03. The molecule has 6 heteroatoms. The van der Waals surface area contributed by atoms with Crippen molar-refractivity contribution in [1.29, 1.82) is 0 Å². The molecule has 0 bridgehead atoms. The van der Waals surface area contributed by atoms with E-state index in [1.165, 1.54) is 0 Å². The van der Waals surface area contributed by atoms with Gasteiger partial charge in [-0.15, -0.1) is 0 Å². The Labute approximate surface area is 124 Å². The highest BCUT2D eigenvalue weighted by Gasteiger charge is 2.20. The number of fused-ring (bicyclic) bond motifs is 1. The van der Waals surface area contributed by atoms with E-state index in [4.69, 9.17) is 0 Å². The fraction of sp³-hybridized carbons (Fsp3) is 0.467. The van der Waals surface area contributed by atoms with Gasteiger partial charge in [0, 0.05) is 18.6 Å². The van der Waals surface area contributed by atoms with Gasteiger partial charge in [-0.3, -0.25) is 10.1 Å². The third-order valence-corrected chi connectivity index (χ3v) is 3.02. The number of imide groups is 1. The average Bonchev–Trinajstić information content (AvgIpc) is 2.36. The summed E-state index contributed by atoms with van der Waals surface area (Å²) in [6.45, 7) is 7.26. The van der Waals surface area contributed by atoms with Crippen LogP contribution >= 0.6 is 0 Å². The summed E-state index contributed by atoms with van der Waals surface area (Å²) in [5, 5.41) is 8.35. The minimum absolute atomic E-state index is 0.163. The largest absolute Gasteiger partial charge is 0.382 e. The van der Waals surface area contributed by atoms with Crippen molar-refractivity contribution < 1.29 is 9.59 Å². The van der Waals surface area contributed by atoms with Crippen LogP contribution < -0.4 is 20.9 Å². The van der Waals surface area contributed by atoms with Crippen molar-refractivity contribution in [2.24, 2.45) is 0 Å². The number of para-hydroxylation sites is 2. The number of rotatable bonds is 2. The molecule has 2 rings (SSSR count). The zero-order valence-corrected chi connectivity index (χ0v) is 12.7. The SMILES string of the molecule is CC(C)(C)NC(=O)NC(=O)CN1CCNc2ccccc21. The van der Waals surface area contributed by atoms with Gasteiger partial charge in [0.15, 0.2) is 0 Å². The van der Waals surface area contributed by atoms with Crippen LogP contribution in [0.4, 0.5) is 16.2 Å². The maximum absolute atomic E-state index is 12.0. The Morgan fingerprint density at radius 1 is 1.29 bits per heavy atom. The van der Waals surface area contributed by atoms with Crippen LogP contribution in [0.15, 0.2) is 24.3 Å². The van der Waals surface area contributed by atoms with Gasteiger partial charge in [-0.1, -0.05) is 12.1 Å². The van der Waals surface area contributed by atoms with Crippen molar-refractivity contribution in [1.82, 2.24) is 10.6 Å². The first-order chi connectivity index (χ1) is 9.85. The van der Waals surface area contributed by atoms with Crippen molar-refractivity contribution in [2.75, 3.05) is 29.9 Å². The predicted octanol–water partition coefficient (Wildman–Crippen LogP) is 1.54. The fourth-order valence-corrected chi connectivity index (χ4v) is 2.22. The number of carbonyl (C=O) groups excluding carboxylic acids is 2. The van der Waals surface area contributed by atoms with E-state index < -0.39 is 6.03 Å². The van der Waals surface area contributed by atoms with Gasteiger partial charge in [0.25, 0.3) is 0 Å². The molecule has 0 unspecified atom stereocenters. The number of nitrogens with zero attached hydrogens (tertiary/aromatic N) is 1. The summed E-state index contributed by atoms with van der Waals surface area (Å²) in [6, 6.07) is 7.36. The average molecular weight is 290 g/mol. The number of hydrogen-bond acceptors (Lipinski definition) is 4. The maximum Gasteiger partial charge on any atom is 0.321 e. The van der Waals surface area contributed by atoms with E-state index in [1.807, 2.05) is 49.9 Å². The van der Waals surface area contributed by atoms with Gasteiger partial charge in [-0.2, -0.15) is 0 Å². The number of carbonyl (C=O) groups is 2. The van der Waals surface area contributed by atoms with Gasteiger partial charge in [-0.05, 0) is 32.9 Å². The van der Waals surface area contributed by atoms with Gasteiger partial charge in [0.05, 0.1) is 17.9 Å². The van der Waals surface area contributed by atoms with Gasteiger partial charge >= 0.3 is 6.03 Å². The van der Waals surface area contributed by atoms with Crippen molar-refractivity contribution >= 4 is 23.3 Å². The molecule has 1 aliphatic rings. The highest BCUT2D eigenvalue weighted by Crippen LogP contribution is 2.27. The van der Waals surface area contributed by atoms with Gasteiger partial charge in [0.1, 0.15) is 0 Å². The van der Waals surface area contributed by atoms with Crippen LogP contribution in [0, 0.1) is 0 Å². The lowest BCUT2D eigenvalue weighted by molar-refractivity contribution is -0.118. The van der Waals surface area contributed by atoms with Crippen LogP contribution in [0.1, 0.15) is 20.8 Å². The molecule has 1 heterocycles. The first kappa shape index (κ1) is 15.2. The quantitative estimate of drug-likeness (QED) is 0.772. The molecule has 3 amide bonds. The normalized spacial score (nSPS) is 14.0. The van der Waals surface area contributed by atoms with Crippen LogP contribution in [0.5, 0.6) is 0 Å². The molecule has 1 aliphatic heterocycles. The molecule has 0 spiro atoms. The molecule has 21 heavy (non-hydrogen) atoms. The Bertz CT molecular complexity index is 537. The lowest BCUT2D eigenvalue weighted by Crippen LogP contribution is -2.51. The smallest absolute Gasteiger partial charge is 0.321 e. The minimum Gasteiger partial charge on any atom is -0.382 e. The van der Waals surface area contributed by atoms with Crippen molar-refractivity contribution in [3.05, 3.63) is 24.3 Å². The Morgan fingerprint density at radius 3 is 2.71 bits per heavy atom. The van der Waals surface area contributed by atoms with Crippen molar-refractivity contribution in [3.8, 4) is 0 Å². The molecule has 0 fully saturated rings. The molecule has 114 valence electrons. The van der Waals surface area contributed by atoms with E-state index >= 15 is 0 Å². The van der Waals surface area contributed by atoms with E-state index in [2.05, 4.69) is 16.0 Å². The third kappa shape index (κ3) is 4.37. The lowest BCUT2D eigenvalue weighted by Gasteiger charge is -2.31. The summed E-state index contributed by atoms with van der Waals surface area (Å²) >= 11 is 0. The van der Waals surface area contributed by atoms with Crippen LogP contribution in [0.2, 0.25) is 0 Å². The molecular formula is C15H22N4O2. The maximum atomic E-state index is 12.0. The third-order valence-electron chi connectivity index (χ3n) is 3.02. The van der Waals surface area contributed by atoms with Gasteiger partial charge in [-0.25, -0.2) is 4.79 Å². The highest BCUT2D eigenvalue weighted by atomic mass is 16.2. The zero-order chi connectivity index (χ0) is 15.5. The number of nitrogens with one attached hydrogen (secondary N) is 3. The summed E-state index contributed by atoms with van der Waals surface area (Å²) in [5.74, 6) is -0.312. The number of anilines is 2. The number of amides is 3. The molecule has 1 aromatic rings. The molecule has 0 saturated heterocycles. The predicted molar refractivity (Wildman–Crippen MR) is 83.6 cm³/mol. The van der Waals surface area contributed by atoms with Crippen LogP contribution in [0.3, 0.4) is 0 Å². The standard InChI is InChI=1S/C15H22N4O2/c1-15(2,3)18-14(21)17-13(20)10-19-9-8-16-11-6-4-5-7-12(11)19/h4-7,16H,8-10H2,1-3H3,(H2,17,18,20,21). The summed E-state index contributed by atoms with van der Waals surface area (Å²) < 4.78 is 0. The summed E-state index contributed by atoms with van der Waals surface area (Å²) in [7, 11) is 0. The second-order valence-corrected chi connectivity index (χ2v) is 6.12. The van der Waals surface area contributed by atoms with Gasteiger partial charge in [0.2, 0.25) is 5.91 Å². The minimum atomic E-state index is -0.462. The molecule has 0 saturated carbocycles. The van der Waals surface area contributed by atoms with Crippen LogP contribution in [-0.4, -0.2) is 37.1 Å². The summed E-state index contributed by atoms with van der Waals surface area (Å²) in [6.07, 6.45) is 0. The number of urea groups is 1. The van der Waals surface area contributed by atoms with Gasteiger partial charge < -0.3 is 15.5 Å². The summed E-state index contributed by atoms with van der Waals surface area (Å²) in [4.78, 5) is 25.6. The fourth-order valence-electron chi connectivity index (χ4n) is 2.22. The molecule has 0 radical (unpaired) electrons. The molecule has 6 nitrogen and oxygen atoms in total. The van der Waals surface area contributed by atoms with Crippen LogP contribution in [0.25, 0.3) is 0 Å². The Kier molecular flexibility index (Phi) is 4.35. The Hall–Kier alpha value is -2.24. The molecular weight excluding hydrogens is 268 g/mol. The van der Waals surface area contributed by atoms with E-state index in [9.17, 15) is 9.59 Å². The topological polar surface area (TPSA) is 73.5 Å². The molecule has 0 aliphatic carbocycles. The molecule has 0 aromatic heterocycles. The van der Waals surface area contributed by atoms with Crippen molar-refractivity contribution in [3.63, 3.8) is 0 Å². The lowest BCUT2D eigenvalue weighted by atomic mass is 10.1.